The molecule has 0 aliphatic heterocycles. The van der Waals surface area contributed by atoms with Gasteiger partial charge in [0.1, 0.15) is 11.4 Å². The van der Waals surface area contributed by atoms with E-state index in [0.29, 0.717) is 22.3 Å². The highest BCUT2D eigenvalue weighted by molar-refractivity contribution is 9.10. The van der Waals surface area contributed by atoms with E-state index < -0.39 is 0 Å². The molecule has 0 spiro atoms. The van der Waals surface area contributed by atoms with E-state index in [9.17, 15) is 0 Å². The Morgan fingerprint density at radius 3 is 2.84 bits per heavy atom. The smallest absolute Gasteiger partial charge is 0.241 e. The zero-order valence-corrected chi connectivity index (χ0v) is 13.1. The van der Waals surface area contributed by atoms with Crippen LogP contribution in [-0.4, -0.2) is 9.78 Å². The van der Waals surface area contributed by atoms with Crippen LogP contribution in [0.5, 0.6) is 11.6 Å². The number of nitrogens with two attached hydrogens (primary N) is 1. The van der Waals surface area contributed by atoms with Gasteiger partial charge in [-0.05, 0) is 40.5 Å². The van der Waals surface area contributed by atoms with Crippen molar-refractivity contribution in [3.8, 4) is 11.6 Å². The number of nitrogen functional groups attached to an aromatic ring is 1. The number of benzene rings is 1. The first-order chi connectivity index (χ1) is 9.02. The number of hydrogen-bond acceptors (Lipinski definition) is 3. The maximum Gasteiger partial charge on any atom is 0.241 e. The molecule has 0 aliphatic carbocycles. The molecule has 0 unspecified atom stereocenters. The van der Waals surface area contributed by atoms with Crippen LogP contribution in [0.1, 0.15) is 19.0 Å². The Balaban J connectivity index is 2.33. The van der Waals surface area contributed by atoms with Crippen molar-refractivity contribution in [3.05, 3.63) is 33.4 Å². The highest BCUT2D eigenvalue weighted by atomic mass is 79.9. The monoisotopic (exact) mass is 343 g/mol. The van der Waals surface area contributed by atoms with Gasteiger partial charge in [0, 0.05) is 12.1 Å². The third-order valence-corrected chi connectivity index (χ3v) is 3.55. The Kier molecular flexibility index (Phi) is 4.37. The fourth-order valence-electron chi connectivity index (χ4n) is 1.78. The molecule has 0 fully saturated rings. The molecule has 1 aromatic carbocycles. The Morgan fingerprint density at radius 1 is 1.47 bits per heavy atom. The van der Waals surface area contributed by atoms with Crippen molar-refractivity contribution >= 4 is 33.2 Å². The van der Waals surface area contributed by atoms with E-state index in [4.69, 9.17) is 22.1 Å². The van der Waals surface area contributed by atoms with Crippen LogP contribution in [0.3, 0.4) is 0 Å². The predicted molar refractivity (Wildman–Crippen MR) is 80.8 cm³/mol. The summed E-state index contributed by atoms with van der Waals surface area (Å²) in [4.78, 5) is 0. The number of hydrogen-bond donors (Lipinski definition) is 1. The number of halogens is 2. The van der Waals surface area contributed by atoms with E-state index in [1.807, 2.05) is 7.05 Å². The Morgan fingerprint density at radius 2 is 2.21 bits per heavy atom. The molecule has 102 valence electrons. The first kappa shape index (κ1) is 14.2. The molecule has 2 N–H and O–H groups in total. The van der Waals surface area contributed by atoms with Crippen molar-refractivity contribution in [1.82, 2.24) is 9.78 Å². The molecule has 0 atom stereocenters. The van der Waals surface area contributed by atoms with Gasteiger partial charge in [-0.2, -0.15) is 5.10 Å². The summed E-state index contributed by atoms with van der Waals surface area (Å²) in [6, 6.07) is 5.33. The van der Waals surface area contributed by atoms with Crippen molar-refractivity contribution in [3.63, 3.8) is 0 Å². The lowest BCUT2D eigenvalue weighted by molar-refractivity contribution is 0.430. The molecule has 0 saturated carbocycles. The summed E-state index contributed by atoms with van der Waals surface area (Å²) in [7, 11) is 1.81. The highest BCUT2D eigenvalue weighted by Gasteiger charge is 2.15. The van der Waals surface area contributed by atoms with Crippen LogP contribution < -0.4 is 10.5 Å². The van der Waals surface area contributed by atoms with Gasteiger partial charge in [0.15, 0.2) is 0 Å². The number of nitrogens with zero attached hydrogens (tertiary/aromatic N) is 2. The maximum absolute atomic E-state index is 6.07. The summed E-state index contributed by atoms with van der Waals surface area (Å²) in [6.45, 7) is 2.09. The van der Waals surface area contributed by atoms with Gasteiger partial charge < -0.3 is 10.5 Å². The zero-order valence-electron chi connectivity index (χ0n) is 10.8. The minimum absolute atomic E-state index is 0.548. The largest absolute Gasteiger partial charge is 0.436 e. The molecule has 2 aromatic rings. The normalized spacial score (nSPS) is 10.7. The number of ether oxygens (including phenoxy) is 1. The van der Waals surface area contributed by atoms with E-state index in [1.165, 1.54) is 0 Å². The molecule has 1 aromatic heterocycles. The fraction of sp³-hybridized carbons (Fsp3) is 0.308. The minimum atomic E-state index is 0.548. The quantitative estimate of drug-likeness (QED) is 0.906. The lowest BCUT2D eigenvalue weighted by Gasteiger charge is -2.08. The Bertz CT molecular complexity index is 598. The number of rotatable bonds is 4. The SMILES string of the molecule is CCCc1nn(C)c(Oc2ccc(Cl)cc2Br)c1N. The van der Waals surface area contributed by atoms with Crippen molar-refractivity contribution in [1.29, 1.82) is 0 Å². The van der Waals surface area contributed by atoms with Gasteiger partial charge >= 0.3 is 0 Å². The molecule has 0 saturated heterocycles. The van der Waals surface area contributed by atoms with Gasteiger partial charge in [-0.3, -0.25) is 0 Å². The highest BCUT2D eigenvalue weighted by Crippen LogP contribution is 2.35. The molecule has 6 heteroatoms. The van der Waals surface area contributed by atoms with Crippen LogP contribution in [0.15, 0.2) is 22.7 Å². The lowest BCUT2D eigenvalue weighted by Crippen LogP contribution is -1.97. The Hall–Kier alpha value is -1.20. The second-order valence-electron chi connectivity index (χ2n) is 4.22. The van der Waals surface area contributed by atoms with E-state index in [1.54, 1.807) is 22.9 Å². The molecular weight excluding hydrogens is 330 g/mol. The summed E-state index contributed by atoms with van der Waals surface area (Å²) in [5, 5.41) is 5.01. The van der Waals surface area contributed by atoms with Crippen LogP contribution >= 0.6 is 27.5 Å². The molecule has 19 heavy (non-hydrogen) atoms. The molecule has 0 bridgehead atoms. The maximum atomic E-state index is 6.07. The second kappa shape index (κ2) is 5.84. The molecule has 1 heterocycles. The van der Waals surface area contributed by atoms with Gasteiger partial charge in [-0.25, -0.2) is 4.68 Å². The van der Waals surface area contributed by atoms with E-state index in [-0.39, 0.29) is 0 Å². The average molecular weight is 345 g/mol. The van der Waals surface area contributed by atoms with Gasteiger partial charge in [0.05, 0.1) is 10.2 Å². The van der Waals surface area contributed by atoms with E-state index >= 15 is 0 Å². The second-order valence-corrected chi connectivity index (χ2v) is 5.51. The van der Waals surface area contributed by atoms with Crippen LogP contribution in [0.2, 0.25) is 5.02 Å². The summed E-state index contributed by atoms with van der Waals surface area (Å²) < 4.78 is 8.25. The third kappa shape index (κ3) is 3.04. The summed E-state index contributed by atoms with van der Waals surface area (Å²) in [6.07, 6.45) is 1.83. The zero-order chi connectivity index (χ0) is 14.0. The summed E-state index contributed by atoms with van der Waals surface area (Å²) in [5.74, 6) is 1.20. The van der Waals surface area contributed by atoms with Crippen LogP contribution in [0.25, 0.3) is 0 Å². The lowest BCUT2D eigenvalue weighted by atomic mass is 10.2. The molecular formula is C13H15BrClN3O. The molecule has 0 amide bonds. The molecule has 0 aliphatic rings. The fourth-order valence-corrected chi connectivity index (χ4v) is 2.55. The molecule has 4 nitrogen and oxygen atoms in total. The van der Waals surface area contributed by atoms with Crippen LogP contribution in [0.4, 0.5) is 5.69 Å². The van der Waals surface area contributed by atoms with Gasteiger partial charge in [-0.15, -0.1) is 0 Å². The first-order valence-electron chi connectivity index (χ1n) is 5.97. The van der Waals surface area contributed by atoms with Gasteiger partial charge in [0.2, 0.25) is 5.88 Å². The first-order valence-corrected chi connectivity index (χ1v) is 7.14. The van der Waals surface area contributed by atoms with Crippen molar-refractivity contribution in [2.24, 2.45) is 7.05 Å². The van der Waals surface area contributed by atoms with Gasteiger partial charge in [0.25, 0.3) is 0 Å². The van der Waals surface area contributed by atoms with Gasteiger partial charge in [-0.1, -0.05) is 24.9 Å². The number of aromatic nitrogens is 2. The standard InChI is InChI=1S/C13H15BrClN3O/c1-3-4-10-12(16)13(18(2)17-10)19-11-6-5-8(15)7-9(11)14/h5-7H,3-4,16H2,1-2H3. The van der Waals surface area contributed by atoms with Crippen LogP contribution in [-0.2, 0) is 13.5 Å². The number of anilines is 1. The van der Waals surface area contributed by atoms with Crippen molar-refractivity contribution in [2.75, 3.05) is 5.73 Å². The predicted octanol–water partition coefficient (Wildman–Crippen LogP) is 4.16. The van der Waals surface area contributed by atoms with Crippen molar-refractivity contribution in [2.45, 2.75) is 19.8 Å². The average Bonchev–Trinajstić information content (AvgIpc) is 2.60. The van der Waals surface area contributed by atoms with Crippen LogP contribution in [0, 0.1) is 0 Å². The van der Waals surface area contributed by atoms with Crippen molar-refractivity contribution < 1.29 is 4.74 Å². The third-order valence-electron chi connectivity index (χ3n) is 2.69. The summed E-state index contributed by atoms with van der Waals surface area (Å²) in [5.41, 5.74) is 7.52. The topological polar surface area (TPSA) is 53.1 Å². The summed E-state index contributed by atoms with van der Waals surface area (Å²) >= 11 is 9.31. The van der Waals surface area contributed by atoms with E-state index in [2.05, 4.69) is 28.0 Å². The van der Waals surface area contributed by atoms with E-state index in [0.717, 1.165) is 23.0 Å². The Labute approximate surface area is 125 Å². The molecule has 0 radical (unpaired) electrons. The number of aryl methyl sites for hydroxylation is 2. The minimum Gasteiger partial charge on any atom is -0.436 e. The molecule has 2 rings (SSSR count).